The molecule has 2 aromatic heterocycles. The number of fused-ring (bicyclic) bond motifs is 5. The Balaban J connectivity index is 1.13. The fraction of sp³-hybridized carbons (Fsp3) is 0. The lowest BCUT2D eigenvalue weighted by Gasteiger charge is -2.12. The van der Waals surface area contributed by atoms with Crippen molar-refractivity contribution < 1.29 is 4.42 Å². The van der Waals surface area contributed by atoms with Gasteiger partial charge in [0.15, 0.2) is 17.5 Å². The Labute approximate surface area is 306 Å². The molecule has 0 unspecified atom stereocenters. The van der Waals surface area contributed by atoms with Crippen LogP contribution >= 0.6 is 0 Å². The van der Waals surface area contributed by atoms with E-state index in [1.807, 2.05) is 24.3 Å². The minimum Gasteiger partial charge on any atom is -0.455 e. The van der Waals surface area contributed by atoms with Crippen LogP contribution in [0.5, 0.6) is 0 Å². The van der Waals surface area contributed by atoms with Gasteiger partial charge in [-0.1, -0.05) is 164 Å². The summed E-state index contributed by atoms with van der Waals surface area (Å²) in [5.74, 6) is 1.85. The lowest BCUT2D eigenvalue weighted by atomic mass is 9.95. The number of para-hydroxylation sites is 1. The summed E-state index contributed by atoms with van der Waals surface area (Å²) in [7, 11) is 0. The van der Waals surface area contributed by atoms with Gasteiger partial charge in [0.25, 0.3) is 0 Å². The maximum atomic E-state index is 6.52. The first-order chi connectivity index (χ1) is 26.2. The fourth-order valence-corrected chi connectivity index (χ4v) is 7.29. The van der Waals surface area contributed by atoms with E-state index < -0.39 is 0 Å². The molecule has 248 valence electrons. The molecular formula is C49H31N3O. The molecule has 0 bridgehead atoms. The molecule has 0 saturated heterocycles. The van der Waals surface area contributed by atoms with E-state index in [4.69, 9.17) is 19.4 Å². The average Bonchev–Trinajstić information content (AvgIpc) is 3.63. The van der Waals surface area contributed by atoms with E-state index in [-0.39, 0.29) is 0 Å². The number of furan rings is 1. The second-order valence-electron chi connectivity index (χ2n) is 13.2. The third kappa shape index (κ3) is 5.63. The molecule has 0 aliphatic heterocycles. The molecule has 4 nitrogen and oxygen atoms in total. The quantitative estimate of drug-likeness (QED) is 0.176. The summed E-state index contributed by atoms with van der Waals surface area (Å²) < 4.78 is 6.52. The Hall–Kier alpha value is -7.17. The normalized spacial score (nSPS) is 11.4. The van der Waals surface area contributed by atoms with E-state index in [1.54, 1.807) is 0 Å². The van der Waals surface area contributed by atoms with E-state index >= 15 is 0 Å². The largest absolute Gasteiger partial charge is 0.455 e. The van der Waals surface area contributed by atoms with Crippen molar-refractivity contribution >= 4 is 32.7 Å². The molecule has 2 heterocycles. The van der Waals surface area contributed by atoms with Gasteiger partial charge in [0.2, 0.25) is 0 Å². The highest BCUT2D eigenvalue weighted by Crippen LogP contribution is 2.40. The molecule has 0 N–H and O–H groups in total. The van der Waals surface area contributed by atoms with E-state index in [0.717, 1.165) is 77.2 Å². The molecule has 0 aliphatic carbocycles. The van der Waals surface area contributed by atoms with Crippen LogP contribution in [-0.2, 0) is 0 Å². The van der Waals surface area contributed by atoms with Gasteiger partial charge in [0.05, 0.1) is 0 Å². The van der Waals surface area contributed by atoms with Gasteiger partial charge in [0, 0.05) is 32.8 Å². The SMILES string of the molecule is c1ccc(-c2ccc(-c3nc(-c4cccc(-c5ccccc5)c4)nc(-c4cccc(-c5cccc6ccc7c8ccccc8oc7c56)c4)n3)cc2)cc1. The van der Waals surface area contributed by atoms with Gasteiger partial charge in [-0.2, -0.15) is 0 Å². The summed E-state index contributed by atoms with van der Waals surface area (Å²) in [5, 5.41) is 4.44. The number of hydrogen-bond acceptors (Lipinski definition) is 4. The zero-order valence-electron chi connectivity index (χ0n) is 28.6. The Morgan fingerprint density at radius 2 is 0.830 bits per heavy atom. The molecule has 4 heteroatoms. The molecular weight excluding hydrogens is 647 g/mol. The first-order valence-corrected chi connectivity index (χ1v) is 17.8. The van der Waals surface area contributed by atoms with Crippen LogP contribution in [0, 0.1) is 0 Å². The van der Waals surface area contributed by atoms with Gasteiger partial charge in [-0.25, -0.2) is 15.0 Å². The van der Waals surface area contributed by atoms with Crippen molar-refractivity contribution in [2.24, 2.45) is 0 Å². The van der Waals surface area contributed by atoms with Crippen LogP contribution in [0.1, 0.15) is 0 Å². The second-order valence-corrected chi connectivity index (χ2v) is 13.2. The third-order valence-electron chi connectivity index (χ3n) is 9.93. The number of nitrogens with zero attached hydrogens (tertiary/aromatic N) is 3. The summed E-state index contributed by atoms with van der Waals surface area (Å²) in [6.45, 7) is 0. The summed E-state index contributed by atoms with van der Waals surface area (Å²) in [6, 6.07) is 65.1. The fourth-order valence-electron chi connectivity index (χ4n) is 7.29. The molecule has 0 saturated carbocycles. The van der Waals surface area contributed by atoms with Crippen molar-refractivity contribution in [2.75, 3.05) is 0 Å². The molecule has 0 amide bonds. The summed E-state index contributed by atoms with van der Waals surface area (Å²) in [6.07, 6.45) is 0. The van der Waals surface area contributed by atoms with Crippen LogP contribution in [0.3, 0.4) is 0 Å². The predicted octanol–water partition coefficient (Wildman–Crippen LogP) is 12.9. The van der Waals surface area contributed by atoms with Crippen molar-refractivity contribution in [2.45, 2.75) is 0 Å². The molecule has 10 aromatic rings. The van der Waals surface area contributed by atoms with Gasteiger partial charge in [0.1, 0.15) is 11.2 Å². The van der Waals surface area contributed by atoms with E-state index in [1.165, 1.54) is 5.56 Å². The van der Waals surface area contributed by atoms with E-state index in [2.05, 4.69) is 164 Å². The lowest BCUT2D eigenvalue weighted by Crippen LogP contribution is -2.00. The van der Waals surface area contributed by atoms with Gasteiger partial charge in [-0.3, -0.25) is 0 Å². The highest BCUT2D eigenvalue weighted by atomic mass is 16.3. The van der Waals surface area contributed by atoms with Gasteiger partial charge >= 0.3 is 0 Å². The van der Waals surface area contributed by atoms with Gasteiger partial charge in [-0.05, 0) is 63.0 Å². The Bertz CT molecular complexity index is 2930. The van der Waals surface area contributed by atoms with Crippen LogP contribution in [0.4, 0.5) is 0 Å². The molecule has 53 heavy (non-hydrogen) atoms. The topological polar surface area (TPSA) is 51.8 Å². The number of rotatable bonds is 6. The summed E-state index contributed by atoms with van der Waals surface area (Å²) in [5.41, 5.74) is 11.2. The van der Waals surface area contributed by atoms with Gasteiger partial charge < -0.3 is 4.42 Å². The lowest BCUT2D eigenvalue weighted by molar-refractivity contribution is 0.673. The highest BCUT2D eigenvalue weighted by Gasteiger charge is 2.17. The average molecular weight is 678 g/mol. The van der Waals surface area contributed by atoms with Crippen LogP contribution < -0.4 is 0 Å². The first-order valence-electron chi connectivity index (χ1n) is 17.8. The van der Waals surface area contributed by atoms with Crippen LogP contribution in [-0.4, -0.2) is 15.0 Å². The smallest absolute Gasteiger partial charge is 0.164 e. The molecule has 8 aromatic carbocycles. The molecule has 0 radical (unpaired) electrons. The first kappa shape index (κ1) is 30.6. The zero-order chi connectivity index (χ0) is 35.1. The molecule has 10 rings (SSSR count). The molecule has 0 atom stereocenters. The van der Waals surface area contributed by atoms with Crippen LogP contribution in [0.15, 0.2) is 192 Å². The van der Waals surface area contributed by atoms with Crippen LogP contribution in [0.25, 0.3) is 100 Å². The van der Waals surface area contributed by atoms with E-state index in [9.17, 15) is 0 Å². The number of aromatic nitrogens is 3. The van der Waals surface area contributed by atoms with Gasteiger partial charge in [-0.15, -0.1) is 0 Å². The monoisotopic (exact) mass is 677 g/mol. The zero-order valence-corrected chi connectivity index (χ0v) is 28.6. The molecule has 0 fully saturated rings. The third-order valence-corrected chi connectivity index (χ3v) is 9.93. The van der Waals surface area contributed by atoms with Crippen molar-refractivity contribution in [1.82, 2.24) is 15.0 Å². The van der Waals surface area contributed by atoms with Crippen molar-refractivity contribution in [1.29, 1.82) is 0 Å². The Kier molecular flexibility index (Phi) is 7.43. The maximum Gasteiger partial charge on any atom is 0.164 e. The van der Waals surface area contributed by atoms with Crippen LogP contribution in [0.2, 0.25) is 0 Å². The second kappa shape index (κ2) is 12.9. The van der Waals surface area contributed by atoms with Crippen molar-refractivity contribution in [3.05, 3.63) is 188 Å². The molecule has 0 aliphatic rings. The van der Waals surface area contributed by atoms with Crippen molar-refractivity contribution in [3.63, 3.8) is 0 Å². The Morgan fingerprint density at radius 3 is 1.55 bits per heavy atom. The summed E-state index contributed by atoms with van der Waals surface area (Å²) in [4.78, 5) is 15.3. The minimum absolute atomic E-state index is 0.609. The maximum absolute atomic E-state index is 6.52. The predicted molar refractivity (Wildman–Crippen MR) is 217 cm³/mol. The minimum atomic E-state index is 0.609. The highest BCUT2D eigenvalue weighted by molar-refractivity contribution is 6.19. The van der Waals surface area contributed by atoms with E-state index in [0.29, 0.717) is 17.5 Å². The Morgan fingerprint density at radius 1 is 0.321 bits per heavy atom. The standard InChI is InChI=1S/C49H31N3O/c1-3-12-32(13-4-1)34-24-26-36(27-25-34)47-50-48(39-19-9-17-37(30-39)33-14-5-2-6-15-33)52-49(51-47)40-20-10-18-38(31-40)41-22-11-16-35-28-29-43-42-21-7-8-23-44(42)53-46(43)45(35)41/h1-31H. The summed E-state index contributed by atoms with van der Waals surface area (Å²) >= 11 is 0. The number of hydrogen-bond donors (Lipinski definition) is 0. The number of benzene rings is 8. The molecule has 0 spiro atoms. The van der Waals surface area contributed by atoms with Crippen molar-refractivity contribution in [3.8, 4) is 67.5 Å².